The molecule has 112 valence electrons. The molecule has 3 aliphatic rings. The largest absolute Gasteiger partial charge is 0.335 e. The van der Waals surface area contributed by atoms with E-state index in [0.717, 1.165) is 38.0 Å². The summed E-state index contributed by atoms with van der Waals surface area (Å²) >= 11 is 12.5. The van der Waals surface area contributed by atoms with E-state index in [1.807, 2.05) is 11.0 Å². The van der Waals surface area contributed by atoms with Gasteiger partial charge in [0.25, 0.3) is 0 Å². The molecule has 0 bridgehead atoms. The molecule has 4 rings (SSSR count). The van der Waals surface area contributed by atoms with Crippen LogP contribution >= 0.6 is 23.2 Å². The highest BCUT2D eigenvalue weighted by Gasteiger charge is 2.63. The van der Waals surface area contributed by atoms with Gasteiger partial charge in [-0.25, -0.2) is 0 Å². The minimum Gasteiger partial charge on any atom is -0.335 e. The van der Waals surface area contributed by atoms with Crippen LogP contribution in [0.4, 0.5) is 0 Å². The van der Waals surface area contributed by atoms with Gasteiger partial charge in [-0.2, -0.15) is 0 Å². The molecule has 2 fully saturated rings. The Morgan fingerprint density at radius 2 is 2.24 bits per heavy atom. The van der Waals surface area contributed by atoms with Crippen molar-refractivity contribution >= 4 is 29.1 Å². The number of piperidine rings is 1. The Kier molecular flexibility index (Phi) is 3.04. The SMILES string of the molecule is C[C@H]1c2c(Cl)cc(Cl)cc2CCN1C(=O)C12CNCC1C2. The zero-order valence-corrected chi connectivity index (χ0v) is 13.5. The number of nitrogens with zero attached hydrogens (tertiary/aromatic N) is 1. The van der Waals surface area contributed by atoms with E-state index in [0.29, 0.717) is 21.9 Å². The fourth-order valence-electron chi connectivity index (χ4n) is 4.14. The zero-order chi connectivity index (χ0) is 14.8. The van der Waals surface area contributed by atoms with E-state index in [9.17, 15) is 4.79 Å². The number of fused-ring (bicyclic) bond motifs is 2. The molecule has 1 aromatic carbocycles. The number of halogens is 2. The first-order chi connectivity index (χ1) is 10.0. The molecule has 0 radical (unpaired) electrons. The molecule has 1 N–H and O–H groups in total. The molecule has 3 atom stereocenters. The zero-order valence-electron chi connectivity index (χ0n) is 12.0. The third-order valence-corrected chi connectivity index (χ3v) is 5.97. The molecule has 0 aromatic heterocycles. The summed E-state index contributed by atoms with van der Waals surface area (Å²) in [7, 11) is 0. The van der Waals surface area contributed by atoms with Crippen molar-refractivity contribution < 1.29 is 4.79 Å². The van der Waals surface area contributed by atoms with Gasteiger partial charge in [-0.05, 0) is 55.5 Å². The molecule has 1 saturated heterocycles. The predicted molar refractivity (Wildman–Crippen MR) is 83.7 cm³/mol. The molecule has 2 unspecified atom stereocenters. The van der Waals surface area contributed by atoms with Crippen molar-refractivity contribution in [2.75, 3.05) is 19.6 Å². The Morgan fingerprint density at radius 3 is 2.90 bits per heavy atom. The van der Waals surface area contributed by atoms with Crippen molar-refractivity contribution in [1.29, 1.82) is 0 Å². The normalized spacial score (nSPS) is 33.6. The number of benzene rings is 1. The minimum atomic E-state index is -0.120. The lowest BCUT2D eigenvalue weighted by Crippen LogP contribution is -2.44. The molecule has 0 spiro atoms. The second kappa shape index (κ2) is 4.61. The number of nitrogens with one attached hydrogen (secondary N) is 1. The Labute approximate surface area is 134 Å². The smallest absolute Gasteiger partial charge is 0.230 e. The van der Waals surface area contributed by atoms with Crippen LogP contribution in [0.1, 0.15) is 30.5 Å². The van der Waals surface area contributed by atoms with Crippen molar-refractivity contribution in [3.05, 3.63) is 33.3 Å². The summed E-state index contributed by atoms with van der Waals surface area (Å²) in [5.41, 5.74) is 2.13. The summed E-state index contributed by atoms with van der Waals surface area (Å²) in [6.45, 7) is 4.66. The monoisotopic (exact) mass is 324 g/mol. The maximum Gasteiger partial charge on any atom is 0.230 e. The van der Waals surface area contributed by atoms with Gasteiger partial charge < -0.3 is 10.2 Å². The third-order valence-electron chi connectivity index (χ3n) is 5.44. The standard InChI is InChI=1S/C16H18Cl2N2O/c1-9-14-10(4-12(17)5-13(14)18)2-3-20(9)15(21)16-6-11(16)7-19-8-16/h4-5,9,11,19H,2-3,6-8H2,1H3/t9-,11?,16?/m0/s1. The number of hydrogen-bond acceptors (Lipinski definition) is 2. The quantitative estimate of drug-likeness (QED) is 0.861. The lowest BCUT2D eigenvalue weighted by atomic mass is 9.91. The van der Waals surface area contributed by atoms with Gasteiger partial charge >= 0.3 is 0 Å². The van der Waals surface area contributed by atoms with E-state index < -0.39 is 0 Å². The van der Waals surface area contributed by atoms with Gasteiger partial charge in [0.1, 0.15) is 0 Å². The highest BCUT2D eigenvalue weighted by molar-refractivity contribution is 6.35. The maximum atomic E-state index is 13.0. The molecular weight excluding hydrogens is 307 g/mol. The van der Waals surface area contributed by atoms with Crippen LogP contribution in [0.25, 0.3) is 0 Å². The van der Waals surface area contributed by atoms with Gasteiger partial charge in [0.05, 0.1) is 11.5 Å². The lowest BCUT2D eigenvalue weighted by Gasteiger charge is -2.38. The Morgan fingerprint density at radius 1 is 1.43 bits per heavy atom. The summed E-state index contributed by atoms with van der Waals surface area (Å²) in [6.07, 6.45) is 1.88. The van der Waals surface area contributed by atoms with Gasteiger partial charge in [0.15, 0.2) is 0 Å². The Balaban J connectivity index is 1.66. The lowest BCUT2D eigenvalue weighted by molar-refractivity contribution is -0.139. The summed E-state index contributed by atoms with van der Waals surface area (Å²) in [4.78, 5) is 15.0. The van der Waals surface area contributed by atoms with E-state index in [-0.39, 0.29) is 11.5 Å². The van der Waals surface area contributed by atoms with Gasteiger partial charge in [-0.1, -0.05) is 23.2 Å². The van der Waals surface area contributed by atoms with E-state index >= 15 is 0 Å². The first-order valence-corrected chi connectivity index (χ1v) is 8.28. The van der Waals surface area contributed by atoms with E-state index in [2.05, 4.69) is 12.2 Å². The fourth-order valence-corrected chi connectivity index (χ4v) is 4.83. The van der Waals surface area contributed by atoms with Crippen LogP contribution in [0.5, 0.6) is 0 Å². The minimum absolute atomic E-state index is 0.0299. The number of amides is 1. The van der Waals surface area contributed by atoms with Crippen LogP contribution < -0.4 is 5.32 Å². The number of carbonyl (C=O) groups is 1. The molecule has 1 saturated carbocycles. The van der Waals surface area contributed by atoms with Crippen LogP contribution in [-0.4, -0.2) is 30.4 Å². The molecule has 1 aromatic rings. The van der Waals surface area contributed by atoms with Gasteiger partial charge in [-0.15, -0.1) is 0 Å². The van der Waals surface area contributed by atoms with E-state index in [1.54, 1.807) is 6.07 Å². The Bertz CT molecular complexity index is 633. The average molecular weight is 325 g/mol. The molecule has 2 heterocycles. The van der Waals surface area contributed by atoms with Crippen LogP contribution in [0, 0.1) is 11.3 Å². The Hall–Kier alpha value is -0.770. The molecular formula is C16H18Cl2N2O. The van der Waals surface area contributed by atoms with Crippen LogP contribution in [0.3, 0.4) is 0 Å². The molecule has 5 heteroatoms. The molecule has 3 nitrogen and oxygen atoms in total. The highest BCUT2D eigenvalue weighted by atomic mass is 35.5. The first-order valence-electron chi connectivity index (χ1n) is 7.52. The molecule has 1 aliphatic carbocycles. The van der Waals surface area contributed by atoms with Gasteiger partial charge in [0, 0.05) is 23.1 Å². The maximum absolute atomic E-state index is 13.0. The van der Waals surface area contributed by atoms with Gasteiger partial charge in [-0.3, -0.25) is 4.79 Å². The summed E-state index contributed by atoms with van der Waals surface area (Å²) < 4.78 is 0. The average Bonchev–Trinajstić information content (AvgIpc) is 3.00. The summed E-state index contributed by atoms with van der Waals surface area (Å²) in [5, 5.41) is 4.69. The highest BCUT2D eigenvalue weighted by Crippen LogP contribution is 2.57. The van der Waals surface area contributed by atoms with Crippen molar-refractivity contribution in [2.45, 2.75) is 25.8 Å². The third kappa shape index (κ3) is 1.94. The van der Waals surface area contributed by atoms with Crippen molar-refractivity contribution in [2.24, 2.45) is 11.3 Å². The fraction of sp³-hybridized carbons (Fsp3) is 0.562. The van der Waals surface area contributed by atoms with E-state index in [1.165, 1.54) is 5.56 Å². The van der Waals surface area contributed by atoms with Crippen LogP contribution in [-0.2, 0) is 11.2 Å². The van der Waals surface area contributed by atoms with Crippen molar-refractivity contribution in [1.82, 2.24) is 10.2 Å². The second-order valence-corrected chi connectivity index (χ2v) is 7.42. The van der Waals surface area contributed by atoms with Gasteiger partial charge in [0.2, 0.25) is 5.91 Å². The summed E-state index contributed by atoms with van der Waals surface area (Å²) in [5.74, 6) is 0.848. The van der Waals surface area contributed by atoms with Crippen LogP contribution in [0.2, 0.25) is 10.0 Å². The summed E-state index contributed by atoms with van der Waals surface area (Å²) in [6, 6.07) is 3.79. The molecule has 1 amide bonds. The molecule has 2 aliphatic heterocycles. The number of rotatable bonds is 1. The van der Waals surface area contributed by atoms with Crippen molar-refractivity contribution in [3.8, 4) is 0 Å². The second-order valence-electron chi connectivity index (χ2n) is 6.57. The molecule has 21 heavy (non-hydrogen) atoms. The first kappa shape index (κ1) is 13.9. The van der Waals surface area contributed by atoms with E-state index in [4.69, 9.17) is 23.2 Å². The van der Waals surface area contributed by atoms with Crippen molar-refractivity contribution in [3.63, 3.8) is 0 Å². The predicted octanol–water partition coefficient (Wildman–Crippen LogP) is 3.05. The number of carbonyl (C=O) groups excluding carboxylic acids is 1. The topological polar surface area (TPSA) is 32.3 Å². The van der Waals surface area contributed by atoms with Crippen LogP contribution in [0.15, 0.2) is 12.1 Å². The number of hydrogen-bond donors (Lipinski definition) is 1.